The van der Waals surface area contributed by atoms with Crippen molar-refractivity contribution < 1.29 is 9.59 Å². The van der Waals surface area contributed by atoms with Crippen molar-refractivity contribution in [2.75, 3.05) is 36.4 Å². The van der Waals surface area contributed by atoms with E-state index < -0.39 is 0 Å². The van der Waals surface area contributed by atoms with Gasteiger partial charge in [0, 0.05) is 37.6 Å². The topological polar surface area (TPSA) is 52.7 Å². The molecule has 0 aromatic heterocycles. The highest BCUT2D eigenvalue weighted by Gasteiger charge is 2.20. The number of anilines is 2. The average molecular weight is 315 g/mol. The van der Waals surface area contributed by atoms with E-state index in [1.54, 1.807) is 4.90 Å². The molecule has 2 aliphatic heterocycles. The summed E-state index contributed by atoms with van der Waals surface area (Å²) in [6, 6.07) is 7.93. The van der Waals surface area contributed by atoms with Crippen molar-refractivity contribution >= 4 is 23.2 Å². The number of nitrogens with one attached hydrogen (secondary N) is 1. The molecule has 1 N–H and O–H groups in total. The summed E-state index contributed by atoms with van der Waals surface area (Å²) in [6.45, 7) is 3.79. The van der Waals surface area contributed by atoms with Crippen molar-refractivity contribution in [1.29, 1.82) is 0 Å². The first kappa shape index (κ1) is 15.8. The summed E-state index contributed by atoms with van der Waals surface area (Å²) < 4.78 is 0. The Labute approximate surface area is 137 Å². The molecule has 0 spiro atoms. The Bertz CT molecular complexity index is 544. The third-order valence-corrected chi connectivity index (χ3v) is 4.64. The van der Waals surface area contributed by atoms with Gasteiger partial charge in [0.15, 0.2) is 0 Å². The van der Waals surface area contributed by atoms with Gasteiger partial charge in [-0.2, -0.15) is 0 Å². The summed E-state index contributed by atoms with van der Waals surface area (Å²) in [5.74, 6) is -0.294. The van der Waals surface area contributed by atoms with Crippen LogP contribution >= 0.6 is 0 Å². The monoisotopic (exact) mass is 315 g/mol. The van der Waals surface area contributed by atoms with E-state index in [4.69, 9.17) is 0 Å². The summed E-state index contributed by atoms with van der Waals surface area (Å²) in [5.41, 5.74) is 1.96. The van der Waals surface area contributed by atoms with E-state index in [-0.39, 0.29) is 18.2 Å². The molecule has 1 aromatic rings. The fourth-order valence-corrected chi connectivity index (χ4v) is 3.33. The van der Waals surface area contributed by atoms with Gasteiger partial charge in [-0.3, -0.25) is 9.59 Å². The zero-order valence-electron chi connectivity index (χ0n) is 13.6. The van der Waals surface area contributed by atoms with E-state index in [9.17, 15) is 9.59 Å². The molecule has 1 aromatic carbocycles. The standard InChI is InChI=1S/C18H25N3O2/c22-17(14-18(23)21-12-4-5-13-21)19-15-6-8-16(9-7-15)20-10-2-1-3-11-20/h6-9H,1-5,10-14H2,(H,19,22). The van der Waals surface area contributed by atoms with Gasteiger partial charge in [0.05, 0.1) is 0 Å². The number of rotatable bonds is 4. The van der Waals surface area contributed by atoms with Crippen molar-refractivity contribution in [3.63, 3.8) is 0 Å². The fourth-order valence-electron chi connectivity index (χ4n) is 3.33. The maximum Gasteiger partial charge on any atom is 0.233 e. The van der Waals surface area contributed by atoms with Gasteiger partial charge in [-0.05, 0) is 56.4 Å². The highest BCUT2D eigenvalue weighted by molar-refractivity contribution is 6.03. The second-order valence-electron chi connectivity index (χ2n) is 6.41. The van der Waals surface area contributed by atoms with Crippen LogP contribution in [0.15, 0.2) is 24.3 Å². The Hall–Kier alpha value is -2.04. The van der Waals surface area contributed by atoms with Crippen molar-refractivity contribution in [3.8, 4) is 0 Å². The fraction of sp³-hybridized carbons (Fsp3) is 0.556. The lowest BCUT2D eigenvalue weighted by Crippen LogP contribution is -2.31. The maximum atomic E-state index is 12.0. The number of amides is 2. The SMILES string of the molecule is O=C(CC(=O)N1CCCC1)Nc1ccc(N2CCCCC2)cc1. The second kappa shape index (κ2) is 7.49. The van der Waals surface area contributed by atoms with Crippen molar-refractivity contribution in [2.45, 2.75) is 38.5 Å². The van der Waals surface area contributed by atoms with Gasteiger partial charge in [-0.15, -0.1) is 0 Å². The van der Waals surface area contributed by atoms with Gasteiger partial charge in [-0.25, -0.2) is 0 Å². The van der Waals surface area contributed by atoms with E-state index in [1.165, 1.54) is 24.9 Å². The Balaban J connectivity index is 1.51. The van der Waals surface area contributed by atoms with E-state index in [0.29, 0.717) is 0 Å². The molecule has 0 aliphatic carbocycles. The number of likely N-dealkylation sites (tertiary alicyclic amines) is 1. The third-order valence-electron chi connectivity index (χ3n) is 4.64. The summed E-state index contributed by atoms with van der Waals surface area (Å²) in [4.78, 5) is 28.1. The predicted molar refractivity (Wildman–Crippen MR) is 91.6 cm³/mol. The number of carbonyl (C=O) groups excluding carboxylic acids is 2. The zero-order valence-corrected chi connectivity index (χ0v) is 13.6. The van der Waals surface area contributed by atoms with Crippen LogP contribution in [-0.2, 0) is 9.59 Å². The first-order valence-corrected chi connectivity index (χ1v) is 8.65. The molecule has 0 saturated carbocycles. The summed E-state index contributed by atoms with van der Waals surface area (Å²) >= 11 is 0. The summed E-state index contributed by atoms with van der Waals surface area (Å²) in [5, 5.41) is 2.82. The number of hydrogen-bond acceptors (Lipinski definition) is 3. The molecular weight excluding hydrogens is 290 g/mol. The largest absolute Gasteiger partial charge is 0.372 e. The van der Waals surface area contributed by atoms with Crippen LogP contribution in [0.25, 0.3) is 0 Å². The van der Waals surface area contributed by atoms with Crippen LogP contribution in [0.2, 0.25) is 0 Å². The number of carbonyl (C=O) groups is 2. The normalized spacial score (nSPS) is 18.1. The van der Waals surface area contributed by atoms with Crippen LogP contribution in [0.1, 0.15) is 38.5 Å². The minimum absolute atomic E-state index is 0.0616. The minimum Gasteiger partial charge on any atom is -0.372 e. The Morgan fingerprint density at radius 1 is 0.870 bits per heavy atom. The van der Waals surface area contributed by atoms with Crippen LogP contribution in [0.3, 0.4) is 0 Å². The smallest absolute Gasteiger partial charge is 0.233 e. The summed E-state index contributed by atoms with van der Waals surface area (Å²) in [6.07, 6.45) is 5.84. The maximum absolute atomic E-state index is 12.0. The van der Waals surface area contributed by atoms with Crippen molar-refractivity contribution in [3.05, 3.63) is 24.3 Å². The molecule has 0 bridgehead atoms. The summed E-state index contributed by atoms with van der Waals surface area (Å²) in [7, 11) is 0. The van der Waals surface area contributed by atoms with Gasteiger partial charge in [0.2, 0.25) is 11.8 Å². The van der Waals surface area contributed by atoms with Crippen LogP contribution in [0, 0.1) is 0 Å². The van der Waals surface area contributed by atoms with Gasteiger partial charge < -0.3 is 15.1 Å². The van der Waals surface area contributed by atoms with E-state index in [1.807, 2.05) is 24.3 Å². The molecule has 2 amide bonds. The zero-order chi connectivity index (χ0) is 16.1. The molecule has 124 valence electrons. The lowest BCUT2D eigenvalue weighted by molar-refractivity contribution is -0.133. The van der Waals surface area contributed by atoms with Crippen molar-refractivity contribution in [1.82, 2.24) is 4.90 Å². The van der Waals surface area contributed by atoms with Gasteiger partial charge in [0.1, 0.15) is 6.42 Å². The highest BCUT2D eigenvalue weighted by Crippen LogP contribution is 2.22. The first-order valence-electron chi connectivity index (χ1n) is 8.65. The lowest BCUT2D eigenvalue weighted by atomic mass is 10.1. The van der Waals surface area contributed by atoms with Gasteiger partial charge in [0.25, 0.3) is 0 Å². The van der Waals surface area contributed by atoms with Crippen molar-refractivity contribution in [2.24, 2.45) is 0 Å². The Morgan fingerprint density at radius 2 is 1.48 bits per heavy atom. The van der Waals surface area contributed by atoms with E-state index in [0.717, 1.165) is 44.7 Å². The van der Waals surface area contributed by atoms with Gasteiger partial charge >= 0.3 is 0 Å². The molecular formula is C18H25N3O2. The highest BCUT2D eigenvalue weighted by atomic mass is 16.2. The van der Waals surface area contributed by atoms with Crippen LogP contribution < -0.4 is 10.2 Å². The molecule has 5 nitrogen and oxygen atoms in total. The molecule has 0 unspecified atom stereocenters. The van der Waals surface area contributed by atoms with Crippen LogP contribution in [0.4, 0.5) is 11.4 Å². The molecule has 0 atom stereocenters. The van der Waals surface area contributed by atoms with Gasteiger partial charge in [-0.1, -0.05) is 0 Å². The Kier molecular flexibility index (Phi) is 5.16. The number of nitrogens with zero attached hydrogens (tertiary/aromatic N) is 2. The molecule has 2 fully saturated rings. The minimum atomic E-state index is -0.229. The molecule has 2 saturated heterocycles. The molecule has 0 radical (unpaired) electrons. The average Bonchev–Trinajstić information content (AvgIpc) is 3.11. The number of benzene rings is 1. The second-order valence-corrected chi connectivity index (χ2v) is 6.41. The quantitative estimate of drug-likeness (QED) is 0.869. The number of piperidine rings is 1. The molecule has 5 heteroatoms. The lowest BCUT2D eigenvalue weighted by Gasteiger charge is -2.28. The third kappa shape index (κ3) is 4.24. The van der Waals surface area contributed by atoms with Crippen LogP contribution in [0.5, 0.6) is 0 Å². The molecule has 2 aliphatic rings. The Morgan fingerprint density at radius 3 is 2.13 bits per heavy atom. The first-order chi connectivity index (χ1) is 11.2. The predicted octanol–water partition coefficient (Wildman–Crippen LogP) is 2.63. The van der Waals surface area contributed by atoms with E-state index in [2.05, 4.69) is 10.2 Å². The van der Waals surface area contributed by atoms with Crippen LogP contribution in [-0.4, -0.2) is 42.9 Å². The van der Waals surface area contributed by atoms with E-state index >= 15 is 0 Å². The number of hydrogen-bond donors (Lipinski definition) is 1. The molecule has 3 rings (SSSR count). The molecule has 2 heterocycles. The molecule has 23 heavy (non-hydrogen) atoms.